The standard InChI is InChI=1S/C17H16N2O2/c20-15-4-1-12(2-5-15)7-9-19-17(21)14-3-6-16-13(11-14)8-10-18-16/h1-6,8,10-11,18,20H,7,9H2,(H,19,21). The van der Waals surface area contributed by atoms with E-state index >= 15 is 0 Å². The summed E-state index contributed by atoms with van der Waals surface area (Å²) in [6.07, 6.45) is 2.59. The fourth-order valence-corrected chi connectivity index (χ4v) is 2.28. The van der Waals surface area contributed by atoms with Crippen molar-refractivity contribution in [3.8, 4) is 5.75 Å². The normalized spacial score (nSPS) is 10.7. The van der Waals surface area contributed by atoms with Gasteiger partial charge in [0.15, 0.2) is 0 Å². The summed E-state index contributed by atoms with van der Waals surface area (Å²) in [6, 6.07) is 14.6. The molecule has 3 N–H and O–H groups in total. The Hall–Kier alpha value is -2.75. The van der Waals surface area contributed by atoms with Gasteiger partial charge in [0.25, 0.3) is 5.91 Å². The van der Waals surface area contributed by atoms with Gasteiger partial charge in [-0.1, -0.05) is 12.1 Å². The van der Waals surface area contributed by atoms with Crippen molar-refractivity contribution in [1.82, 2.24) is 10.3 Å². The highest BCUT2D eigenvalue weighted by Gasteiger charge is 2.06. The van der Waals surface area contributed by atoms with Crippen LogP contribution in [0.1, 0.15) is 15.9 Å². The Morgan fingerprint density at radius 2 is 1.90 bits per heavy atom. The summed E-state index contributed by atoms with van der Waals surface area (Å²) in [4.78, 5) is 15.2. The molecule has 0 aliphatic rings. The Bertz CT molecular complexity index is 760. The van der Waals surface area contributed by atoms with Crippen molar-refractivity contribution in [2.24, 2.45) is 0 Å². The molecule has 4 heteroatoms. The summed E-state index contributed by atoms with van der Waals surface area (Å²) >= 11 is 0. The second kappa shape index (κ2) is 5.71. The first-order valence-electron chi connectivity index (χ1n) is 6.85. The number of carbonyl (C=O) groups excluding carboxylic acids is 1. The number of nitrogens with one attached hydrogen (secondary N) is 2. The highest BCUT2D eigenvalue weighted by molar-refractivity contribution is 5.98. The van der Waals surface area contributed by atoms with E-state index in [2.05, 4.69) is 10.3 Å². The number of H-pyrrole nitrogens is 1. The minimum absolute atomic E-state index is 0.0723. The van der Waals surface area contributed by atoms with Crippen LogP contribution in [0.25, 0.3) is 10.9 Å². The molecule has 0 aliphatic carbocycles. The molecular weight excluding hydrogens is 264 g/mol. The molecule has 1 aromatic heterocycles. The predicted octanol–water partition coefficient (Wildman–Crippen LogP) is 2.85. The maximum absolute atomic E-state index is 12.1. The minimum Gasteiger partial charge on any atom is -0.508 e. The maximum atomic E-state index is 12.1. The van der Waals surface area contributed by atoms with Crippen molar-refractivity contribution in [2.75, 3.05) is 6.54 Å². The number of aromatic amines is 1. The molecule has 0 aliphatic heterocycles. The van der Waals surface area contributed by atoms with Crippen LogP contribution in [-0.4, -0.2) is 22.5 Å². The molecular formula is C17H16N2O2. The Kier molecular flexibility index (Phi) is 3.60. The smallest absolute Gasteiger partial charge is 0.251 e. The lowest BCUT2D eigenvalue weighted by Crippen LogP contribution is -2.25. The predicted molar refractivity (Wildman–Crippen MR) is 82.4 cm³/mol. The van der Waals surface area contributed by atoms with E-state index in [4.69, 9.17) is 0 Å². The molecule has 0 radical (unpaired) electrons. The highest BCUT2D eigenvalue weighted by atomic mass is 16.3. The quantitative estimate of drug-likeness (QED) is 0.688. The average molecular weight is 280 g/mol. The summed E-state index contributed by atoms with van der Waals surface area (Å²) in [7, 11) is 0. The molecule has 106 valence electrons. The molecule has 1 amide bonds. The number of fused-ring (bicyclic) bond motifs is 1. The summed E-state index contributed by atoms with van der Waals surface area (Å²) in [5, 5.41) is 13.2. The number of rotatable bonds is 4. The topological polar surface area (TPSA) is 65.1 Å². The molecule has 3 rings (SSSR count). The SMILES string of the molecule is O=C(NCCc1ccc(O)cc1)c1ccc2[nH]ccc2c1. The van der Waals surface area contributed by atoms with Crippen molar-refractivity contribution < 1.29 is 9.90 Å². The zero-order valence-electron chi connectivity index (χ0n) is 11.5. The van der Waals surface area contributed by atoms with Crippen molar-refractivity contribution in [3.63, 3.8) is 0 Å². The van der Waals surface area contributed by atoms with Gasteiger partial charge in [0.2, 0.25) is 0 Å². The van der Waals surface area contributed by atoms with Gasteiger partial charge in [-0.05, 0) is 48.4 Å². The largest absolute Gasteiger partial charge is 0.508 e. The van der Waals surface area contributed by atoms with E-state index in [1.165, 1.54) is 0 Å². The van der Waals surface area contributed by atoms with Crippen LogP contribution in [0, 0.1) is 0 Å². The number of benzene rings is 2. The zero-order valence-corrected chi connectivity index (χ0v) is 11.5. The molecule has 4 nitrogen and oxygen atoms in total. The van der Waals surface area contributed by atoms with Gasteiger partial charge < -0.3 is 15.4 Å². The first-order valence-corrected chi connectivity index (χ1v) is 6.85. The van der Waals surface area contributed by atoms with Crippen LogP contribution in [0.4, 0.5) is 0 Å². The molecule has 0 unspecified atom stereocenters. The molecule has 0 bridgehead atoms. The van der Waals surface area contributed by atoms with Gasteiger partial charge in [0.1, 0.15) is 5.75 Å². The van der Waals surface area contributed by atoms with Crippen LogP contribution in [0.2, 0.25) is 0 Å². The van der Waals surface area contributed by atoms with Crippen molar-refractivity contribution >= 4 is 16.8 Å². The zero-order chi connectivity index (χ0) is 14.7. The number of phenols is 1. The third-order valence-electron chi connectivity index (χ3n) is 3.45. The van der Waals surface area contributed by atoms with E-state index < -0.39 is 0 Å². The first-order chi connectivity index (χ1) is 10.2. The molecule has 1 heterocycles. The Balaban J connectivity index is 1.59. The van der Waals surface area contributed by atoms with Crippen LogP contribution in [0.15, 0.2) is 54.7 Å². The van der Waals surface area contributed by atoms with Gasteiger partial charge in [-0.25, -0.2) is 0 Å². The third kappa shape index (κ3) is 3.05. The fourth-order valence-electron chi connectivity index (χ4n) is 2.28. The second-order valence-corrected chi connectivity index (χ2v) is 4.95. The molecule has 3 aromatic rings. The summed E-state index contributed by atoms with van der Waals surface area (Å²) in [6.45, 7) is 0.564. The van der Waals surface area contributed by atoms with E-state index in [0.717, 1.165) is 22.9 Å². The average Bonchev–Trinajstić information content (AvgIpc) is 2.96. The maximum Gasteiger partial charge on any atom is 0.251 e. The van der Waals surface area contributed by atoms with Crippen LogP contribution in [-0.2, 0) is 6.42 Å². The first kappa shape index (κ1) is 13.2. The number of phenolic OH excluding ortho intramolecular Hbond substituents is 1. The lowest BCUT2D eigenvalue weighted by atomic mass is 10.1. The molecule has 0 spiro atoms. The number of hydrogen-bond donors (Lipinski definition) is 3. The molecule has 21 heavy (non-hydrogen) atoms. The monoisotopic (exact) mass is 280 g/mol. The summed E-state index contributed by atoms with van der Waals surface area (Å²) in [5.74, 6) is 0.180. The van der Waals surface area contributed by atoms with Crippen LogP contribution >= 0.6 is 0 Å². The Morgan fingerprint density at radius 1 is 1.10 bits per heavy atom. The van der Waals surface area contributed by atoms with E-state index in [1.54, 1.807) is 12.1 Å². The number of aromatic nitrogens is 1. The Morgan fingerprint density at radius 3 is 2.71 bits per heavy atom. The molecule has 0 saturated heterocycles. The number of hydrogen-bond acceptors (Lipinski definition) is 2. The fraction of sp³-hybridized carbons (Fsp3) is 0.118. The molecule has 0 atom stereocenters. The third-order valence-corrected chi connectivity index (χ3v) is 3.45. The van der Waals surface area contributed by atoms with E-state index in [0.29, 0.717) is 12.1 Å². The van der Waals surface area contributed by atoms with Gasteiger partial charge in [-0.15, -0.1) is 0 Å². The van der Waals surface area contributed by atoms with Gasteiger partial charge >= 0.3 is 0 Å². The van der Waals surface area contributed by atoms with Gasteiger partial charge in [0, 0.05) is 29.2 Å². The van der Waals surface area contributed by atoms with Crippen LogP contribution in [0.5, 0.6) is 5.75 Å². The van der Waals surface area contributed by atoms with Gasteiger partial charge in [-0.2, -0.15) is 0 Å². The summed E-state index contributed by atoms with van der Waals surface area (Å²) < 4.78 is 0. The van der Waals surface area contributed by atoms with Gasteiger partial charge in [0.05, 0.1) is 0 Å². The summed E-state index contributed by atoms with van der Waals surface area (Å²) in [5.41, 5.74) is 2.76. The van der Waals surface area contributed by atoms with Crippen molar-refractivity contribution in [2.45, 2.75) is 6.42 Å². The van der Waals surface area contributed by atoms with Gasteiger partial charge in [-0.3, -0.25) is 4.79 Å². The lowest BCUT2D eigenvalue weighted by molar-refractivity contribution is 0.0954. The highest BCUT2D eigenvalue weighted by Crippen LogP contribution is 2.14. The number of carbonyl (C=O) groups is 1. The Labute approximate surface area is 122 Å². The molecule has 0 fully saturated rings. The van der Waals surface area contributed by atoms with Crippen LogP contribution in [0.3, 0.4) is 0 Å². The van der Waals surface area contributed by atoms with Crippen molar-refractivity contribution in [3.05, 3.63) is 65.9 Å². The minimum atomic E-state index is -0.0723. The number of aromatic hydroxyl groups is 1. The lowest BCUT2D eigenvalue weighted by Gasteiger charge is -2.06. The molecule has 2 aromatic carbocycles. The van der Waals surface area contributed by atoms with E-state index in [-0.39, 0.29) is 11.7 Å². The van der Waals surface area contributed by atoms with E-state index in [9.17, 15) is 9.90 Å². The van der Waals surface area contributed by atoms with E-state index in [1.807, 2.05) is 42.6 Å². The molecule has 0 saturated carbocycles. The van der Waals surface area contributed by atoms with Crippen LogP contribution < -0.4 is 5.32 Å². The second-order valence-electron chi connectivity index (χ2n) is 4.95. The number of amides is 1. The van der Waals surface area contributed by atoms with Crippen molar-refractivity contribution in [1.29, 1.82) is 0 Å².